The molecule has 2 amide bonds. The first kappa shape index (κ1) is 58.3. The molecule has 0 spiro atoms. The van der Waals surface area contributed by atoms with Crippen LogP contribution in [0, 0.1) is 0 Å². The summed E-state index contributed by atoms with van der Waals surface area (Å²) < 4.78 is 21.4. The standard InChI is InChI=1S/C31H38BrN5O2S.C28H41BrN2O3S/c1-30(2,3)21-15-20(16-22(26(21)39-7)31(4,5)6)25-27(32)40-29(35-25)19-10-13-36(14-11-19)24(38)17-37-18-34-23-9-8-12-33-28(23)37;1-26(2,3)19-15-18(16-20(22(19)33-10)27(4,5)6)21-23(29)35-24(30-21)17-11-13-31(14-12-17)25(32)34-28(7,8)9/h8-9,12,15-16,18-19H,10-11,13-14,17H2,1-7H3;15-17H,11-14H2,1-10H3. The third-order valence-corrected chi connectivity index (χ3v) is 17.7. The first-order valence-electron chi connectivity index (χ1n) is 26.2. The van der Waals surface area contributed by atoms with Gasteiger partial charge in [-0.15, -0.1) is 22.7 Å². The zero-order valence-corrected chi connectivity index (χ0v) is 52.2. The molecule has 406 valence electrons. The van der Waals surface area contributed by atoms with Crippen LogP contribution in [-0.2, 0) is 37.7 Å². The van der Waals surface area contributed by atoms with Crippen LogP contribution >= 0.6 is 54.5 Å². The number of hydrogen-bond donors (Lipinski definition) is 0. The van der Waals surface area contributed by atoms with E-state index in [-0.39, 0.29) is 40.2 Å². The highest BCUT2D eigenvalue weighted by molar-refractivity contribution is 9.11. The number of aromatic nitrogens is 5. The van der Waals surface area contributed by atoms with E-state index in [1.165, 1.54) is 22.3 Å². The second kappa shape index (κ2) is 22.5. The van der Waals surface area contributed by atoms with Crippen LogP contribution in [0.5, 0.6) is 11.5 Å². The summed E-state index contributed by atoms with van der Waals surface area (Å²) in [7, 11) is 3.53. The molecule has 0 saturated carbocycles. The Morgan fingerprint density at radius 3 is 1.39 bits per heavy atom. The number of likely N-dealkylation sites (tertiary alicyclic amines) is 2. The molecular formula is C59H79Br2N7O5S2. The molecule has 75 heavy (non-hydrogen) atoms. The number of carbonyl (C=O) groups is 2. The zero-order valence-electron chi connectivity index (χ0n) is 47.4. The molecule has 0 unspecified atom stereocenters. The van der Waals surface area contributed by atoms with Gasteiger partial charge >= 0.3 is 6.09 Å². The number of rotatable bonds is 8. The molecule has 2 aromatic carbocycles. The van der Waals surface area contributed by atoms with E-state index in [0.717, 1.165) is 102 Å². The van der Waals surface area contributed by atoms with E-state index in [9.17, 15) is 9.59 Å². The van der Waals surface area contributed by atoms with Gasteiger partial charge in [0, 0.05) is 77.6 Å². The van der Waals surface area contributed by atoms with E-state index in [0.29, 0.717) is 24.9 Å². The number of benzene rings is 2. The summed E-state index contributed by atoms with van der Waals surface area (Å²) in [6, 6.07) is 12.7. The van der Waals surface area contributed by atoms with E-state index < -0.39 is 5.60 Å². The van der Waals surface area contributed by atoms with Gasteiger partial charge in [0.1, 0.15) is 29.2 Å². The summed E-state index contributed by atoms with van der Waals surface area (Å²) in [4.78, 5) is 48.4. The summed E-state index contributed by atoms with van der Waals surface area (Å²) in [5, 5.41) is 2.25. The van der Waals surface area contributed by atoms with Crippen molar-refractivity contribution in [3.8, 4) is 34.0 Å². The Bertz CT molecular complexity index is 2930. The molecule has 2 saturated heterocycles. The second-order valence-electron chi connectivity index (χ2n) is 25.2. The van der Waals surface area contributed by atoms with Crippen LogP contribution in [0.25, 0.3) is 33.7 Å². The lowest BCUT2D eigenvalue weighted by Gasteiger charge is -2.32. The Labute approximate surface area is 471 Å². The third-order valence-electron chi connectivity index (χ3n) is 13.9. The molecule has 0 N–H and O–H groups in total. The first-order chi connectivity index (χ1) is 34.9. The minimum atomic E-state index is -0.473. The van der Waals surface area contributed by atoms with Crippen LogP contribution in [0.1, 0.15) is 174 Å². The minimum absolute atomic E-state index is 0.0683. The molecule has 2 fully saturated rings. The fourth-order valence-electron chi connectivity index (χ4n) is 9.81. The molecule has 2 aliphatic rings. The maximum Gasteiger partial charge on any atom is 0.410 e. The van der Waals surface area contributed by atoms with Crippen molar-refractivity contribution in [2.45, 2.75) is 175 Å². The molecule has 0 radical (unpaired) electrons. The van der Waals surface area contributed by atoms with Gasteiger partial charge in [0.25, 0.3) is 0 Å². The molecule has 0 atom stereocenters. The Kier molecular flexibility index (Phi) is 17.5. The van der Waals surface area contributed by atoms with Crippen molar-refractivity contribution >= 4 is 77.7 Å². The topological polar surface area (TPSA) is 125 Å². The summed E-state index contributed by atoms with van der Waals surface area (Å²) in [6.07, 6.45) is 6.79. The number of carbonyl (C=O) groups excluding carboxylic acids is 2. The zero-order chi connectivity index (χ0) is 55.2. The molecule has 16 heteroatoms. The fourth-order valence-corrected chi connectivity index (χ4v) is 13.4. The van der Waals surface area contributed by atoms with Crippen molar-refractivity contribution in [1.29, 1.82) is 0 Å². The molecule has 4 aromatic heterocycles. The number of ether oxygens (including phenoxy) is 3. The van der Waals surface area contributed by atoms with Gasteiger partial charge in [0.05, 0.1) is 49.5 Å². The van der Waals surface area contributed by atoms with Crippen molar-refractivity contribution in [3.63, 3.8) is 0 Å². The van der Waals surface area contributed by atoms with Crippen molar-refractivity contribution < 1.29 is 23.8 Å². The first-order valence-corrected chi connectivity index (χ1v) is 29.4. The monoisotopic (exact) mass is 1190 g/mol. The molecule has 12 nitrogen and oxygen atoms in total. The summed E-state index contributed by atoms with van der Waals surface area (Å²) in [5.41, 5.74) is 9.73. The van der Waals surface area contributed by atoms with Gasteiger partial charge in [0.2, 0.25) is 5.91 Å². The smallest absolute Gasteiger partial charge is 0.410 e. The minimum Gasteiger partial charge on any atom is -0.496 e. The maximum absolute atomic E-state index is 13.1. The summed E-state index contributed by atoms with van der Waals surface area (Å²) in [6.45, 7) is 35.5. The van der Waals surface area contributed by atoms with E-state index in [2.05, 4.69) is 149 Å². The van der Waals surface area contributed by atoms with E-state index >= 15 is 0 Å². The third kappa shape index (κ3) is 13.7. The molecular weight excluding hydrogens is 1110 g/mol. The summed E-state index contributed by atoms with van der Waals surface area (Å²) >= 11 is 11.1. The lowest BCUT2D eigenvalue weighted by atomic mass is 9.78. The van der Waals surface area contributed by atoms with Gasteiger partial charge in [-0.3, -0.25) is 4.79 Å². The number of amides is 2. The number of nitrogens with zero attached hydrogens (tertiary/aromatic N) is 7. The van der Waals surface area contributed by atoms with Crippen LogP contribution in [0.3, 0.4) is 0 Å². The van der Waals surface area contributed by atoms with Crippen LogP contribution in [0.15, 0.2) is 56.5 Å². The second-order valence-corrected chi connectivity index (χ2v) is 29.9. The quantitative estimate of drug-likeness (QED) is 0.146. The largest absolute Gasteiger partial charge is 0.496 e. The van der Waals surface area contributed by atoms with Crippen LogP contribution in [-0.4, -0.2) is 92.3 Å². The molecule has 0 aliphatic carbocycles. The van der Waals surface area contributed by atoms with Crippen LogP contribution < -0.4 is 9.47 Å². The lowest BCUT2D eigenvalue weighted by Crippen LogP contribution is -2.41. The van der Waals surface area contributed by atoms with E-state index in [1.54, 1.807) is 49.4 Å². The Balaban J connectivity index is 0.000000221. The van der Waals surface area contributed by atoms with Crippen LogP contribution in [0.2, 0.25) is 0 Å². The van der Waals surface area contributed by atoms with E-state index in [4.69, 9.17) is 24.2 Å². The number of piperidine rings is 2. The molecule has 8 rings (SSSR count). The number of fused-ring (bicyclic) bond motifs is 1. The molecule has 0 bridgehead atoms. The van der Waals surface area contributed by atoms with E-state index in [1.807, 2.05) is 47.3 Å². The highest BCUT2D eigenvalue weighted by Crippen LogP contribution is 2.48. The van der Waals surface area contributed by atoms with Gasteiger partial charge in [-0.2, -0.15) is 0 Å². The van der Waals surface area contributed by atoms with Gasteiger partial charge in [-0.25, -0.2) is 24.7 Å². The Morgan fingerprint density at radius 2 is 1.01 bits per heavy atom. The highest BCUT2D eigenvalue weighted by atomic mass is 79.9. The number of hydrogen-bond acceptors (Lipinski definition) is 11. The SMILES string of the molecule is COc1c(C(C)(C)C)cc(-c2nc(C3CCN(C(=O)Cn4cnc5cccnc54)CC3)sc2Br)cc1C(C)(C)C.COc1c(C(C)(C)C)cc(-c2nc(C3CCN(C(=O)OC(C)(C)C)CC3)sc2Br)cc1C(C)(C)C. The highest BCUT2D eigenvalue weighted by Gasteiger charge is 2.34. The average Bonchev–Trinajstić information content (AvgIpc) is 4.05. The normalized spacial score (nSPS) is 15.5. The average molecular weight is 1190 g/mol. The fraction of sp³-hybridized carbons (Fsp3) is 0.559. The maximum atomic E-state index is 13.1. The predicted molar refractivity (Wildman–Crippen MR) is 314 cm³/mol. The Hall–Kier alpha value is -4.38. The lowest BCUT2D eigenvalue weighted by molar-refractivity contribution is -0.132. The van der Waals surface area contributed by atoms with Crippen molar-refractivity contribution in [1.82, 2.24) is 34.3 Å². The van der Waals surface area contributed by atoms with Gasteiger partial charge in [-0.05, 0) is 136 Å². The molecule has 2 aliphatic heterocycles. The number of halogens is 2. The van der Waals surface area contributed by atoms with Crippen molar-refractivity contribution in [2.24, 2.45) is 0 Å². The Morgan fingerprint density at radius 1 is 0.613 bits per heavy atom. The van der Waals surface area contributed by atoms with Gasteiger partial charge in [-0.1, -0.05) is 83.1 Å². The number of methoxy groups -OCH3 is 2. The molecule has 6 aromatic rings. The predicted octanol–water partition coefficient (Wildman–Crippen LogP) is 15.6. The number of thiazole rings is 2. The number of pyridine rings is 1. The number of imidazole rings is 1. The van der Waals surface area contributed by atoms with Crippen molar-refractivity contribution in [2.75, 3.05) is 40.4 Å². The summed E-state index contributed by atoms with van der Waals surface area (Å²) in [5.74, 6) is 2.71. The van der Waals surface area contributed by atoms with Crippen LogP contribution in [0.4, 0.5) is 4.79 Å². The van der Waals surface area contributed by atoms with Gasteiger partial charge in [0.15, 0.2) is 5.65 Å². The van der Waals surface area contributed by atoms with Crippen molar-refractivity contribution in [3.05, 3.63) is 88.8 Å². The van der Waals surface area contributed by atoms with Gasteiger partial charge < -0.3 is 28.6 Å². The molecule has 6 heterocycles.